The van der Waals surface area contributed by atoms with Crippen LogP contribution in [-0.4, -0.2) is 60.0 Å². The number of carbonyl (C=O) groups excluding carboxylic acids is 1. The predicted octanol–water partition coefficient (Wildman–Crippen LogP) is 3.21. The van der Waals surface area contributed by atoms with E-state index in [0.717, 1.165) is 41.6 Å². The third-order valence-corrected chi connectivity index (χ3v) is 5.87. The average Bonchev–Trinajstić information content (AvgIpc) is 2.83. The Kier molecular flexibility index (Phi) is 5.56. The van der Waals surface area contributed by atoms with Crippen LogP contribution in [0.5, 0.6) is 0 Å². The van der Waals surface area contributed by atoms with Gasteiger partial charge in [0, 0.05) is 56.1 Å². The van der Waals surface area contributed by atoms with E-state index in [9.17, 15) is 9.59 Å². The highest BCUT2D eigenvalue weighted by molar-refractivity contribution is 5.95. The van der Waals surface area contributed by atoms with Crippen molar-refractivity contribution >= 4 is 33.5 Å². The number of anilines is 1. The van der Waals surface area contributed by atoms with Crippen molar-refractivity contribution < 1.29 is 9.21 Å². The van der Waals surface area contributed by atoms with Crippen LogP contribution in [0.1, 0.15) is 10.5 Å². The number of amides is 1. The zero-order valence-electron chi connectivity index (χ0n) is 17.7. The molecule has 0 unspecified atom stereocenters. The topological polar surface area (TPSA) is 78.7 Å². The smallest absolute Gasteiger partial charge is 0.338 e. The fourth-order valence-electron chi connectivity index (χ4n) is 4.13. The van der Waals surface area contributed by atoms with Crippen molar-refractivity contribution in [1.29, 1.82) is 0 Å². The maximum absolute atomic E-state index is 12.9. The Labute approximate surface area is 185 Å². The molecule has 162 valence electrons. The number of carbonyl (C=O) groups is 1. The molecule has 0 spiro atoms. The van der Waals surface area contributed by atoms with Crippen molar-refractivity contribution in [2.24, 2.45) is 0 Å². The number of nitrogens with zero attached hydrogens (tertiary/aromatic N) is 3. The third kappa shape index (κ3) is 4.20. The highest BCUT2D eigenvalue weighted by Crippen LogP contribution is 2.21. The maximum atomic E-state index is 12.9. The van der Waals surface area contributed by atoms with Gasteiger partial charge in [-0.1, -0.05) is 36.4 Å². The van der Waals surface area contributed by atoms with Gasteiger partial charge in [0.1, 0.15) is 11.3 Å². The lowest BCUT2D eigenvalue weighted by molar-refractivity contribution is 0.0636. The summed E-state index contributed by atoms with van der Waals surface area (Å²) in [5, 5.41) is 5.29. The quantitative estimate of drug-likeness (QED) is 0.492. The van der Waals surface area contributed by atoms with E-state index in [-0.39, 0.29) is 11.5 Å². The molecule has 7 heteroatoms. The third-order valence-electron chi connectivity index (χ3n) is 5.87. The molecule has 5 rings (SSSR count). The zero-order chi connectivity index (χ0) is 21.9. The van der Waals surface area contributed by atoms with Gasteiger partial charge in [0.2, 0.25) is 0 Å². The number of pyridine rings is 1. The van der Waals surface area contributed by atoms with Gasteiger partial charge in [0.05, 0.1) is 11.2 Å². The first-order valence-electron chi connectivity index (χ1n) is 10.8. The molecule has 4 aromatic rings. The normalized spacial score (nSPS) is 14.7. The highest BCUT2D eigenvalue weighted by atomic mass is 16.4. The van der Waals surface area contributed by atoms with Gasteiger partial charge >= 0.3 is 5.63 Å². The van der Waals surface area contributed by atoms with Crippen LogP contribution in [0.15, 0.2) is 75.9 Å². The van der Waals surface area contributed by atoms with E-state index in [1.54, 1.807) is 6.07 Å². The molecule has 1 aliphatic heterocycles. The molecule has 32 heavy (non-hydrogen) atoms. The summed E-state index contributed by atoms with van der Waals surface area (Å²) in [5.41, 5.74) is 2.34. The van der Waals surface area contributed by atoms with E-state index >= 15 is 0 Å². The van der Waals surface area contributed by atoms with Crippen LogP contribution in [0.3, 0.4) is 0 Å². The SMILES string of the molecule is O=C(c1ccc2ccccc2n1)N1CCN(CCNc2cc(=O)oc3ccccc23)CC1. The summed E-state index contributed by atoms with van der Waals surface area (Å²) in [6.07, 6.45) is 0. The molecule has 0 bridgehead atoms. The van der Waals surface area contributed by atoms with Crippen molar-refractivity contribution in [3.05, 3.63) is 82.8 Å². The van der Waals surface area contributed by atoms with Gasteiger partial charge in [0.25, 0.3) is 5.91 Å². The lowest BCUT2D eigenvalue weighted by Crippen LogP contribution is -2.49. The van der Waals surface area contributed by atoms with E-state index < -0.39 is 0 Å². The minimum atomic E-state index is -0.361. The summed E-state index contributed by atoms with van der Waals surface area (Å²) < 4.78 is 5.24. The number of nitrogens with one attached hydrogen (secondary N) is 1. The monoisotopic (exact) mass is 428 g/mol. The molecule has 0 atom stereocenters. The summed E-state index contributed by atoms with van der Waals surface area (Å²) in [7, 11) is 0. The second-order valence-electron chi connectivity index (χ2n) is 7.93. The summed E-state index contributed by atoms with van der Waals surface area (Å²) in [5.74, 6) is -0.0176. The molecule has 7 nitrogen and oxygen atoms in total. The number of hydrogen-bond donors (Lipinski definition) is 1. The lowest BCUT2D eigenvalue weighted by Gasteiger charge is -2.34. The second kappa shape index (κ2) is 8.80. The molecule has 0 radical (unpaired) electrons. The fourth-order valence-corrected chi connectivity index (χ4v) is 4.13. The van der Waals surface area contributed by atoms with E-state index in [1.807, 2.05) is 59.5 Å². The number of aromatic nitrogens is 1. The van der Waals surface area contributed by atoms with E-state index in [2.05, 4.69) is 15.2 Å². The lowest BCUT2D eigenvalue weighted by atomic mass is 10.2. The van der Waals surface area contributed by atoms with Gasteiger partial charge in [0.15, 0.2) is 0 Å². The van der Waals surface area contributed by atoms with Crippen molar-refractivity contribution in [3.8, 4) is 0 Å². The Morgan fingerprint density at radius 2 is 1.75 bits per heavy atom. The summed E-state index contributed by atoms with van der Waals surface area (Å²) >= 11 is 0. The van der Waals surface area contributed by atoms with Gasteiger partial charge in [-0.2, -0.15) is 0 Å². The molecule has 1 amide bonds. The summed E-state index contributed by atoms with van der Waals surface area (Å²) in [6.45, 7) is 4.48. The molecular weight excluding hydrogens is 404 g/mol. The molecule has 1 fully saturated rings. The number of piperazine rings is 1. The van der Waals surface area contributed by atoms with Crippen LogP contribution in [0.2, 0.25) is 0 Å². The van der Waals surface area contributed by atoms with Gasteiger partial charge in [-0.15, -0.1) is 0 Å². The number of fused-ring (bicyclic) bond motifs is 2. The van der Waals surface area contributed by atoms with Crippen LogP contribution >= 0.6 is 0 Å². The minimum absolute atomic E-state index is 0.0176. The van der Waals surface area contributed by atoms with E-state index in [1.165, 1.54) is 6.07 Å². The van der Waals surface area contributed by atoms with E-state index in [4.69, 9.17) is 4.42 Å². The van der Waals surface area contributed by atoms with Crippen molar-refractivity contribution in [2.75, 3.05) is 44.6 Å². The Hall–Kier alpha value is -3.71. The summed E-state index contributed by atoms with van der Waals surface area (Å²) in [4.78, 5) is 33.4. The summed E-state index contributed by atoms with van der Waals surface area (Å²) in [6, 6.07) is 20.6. The Morgan fingerprint density at radius 3 is 2.62 bits per heavy atom. The maximum Gasteiger partial charge on any atom is 0.338 e. The number of benzene rings is 2. The first-order chi connectivity index (χ1) is 15.7. The van der Waals surface area contributed by atoms with Gasteiger partial charge in [-0.3, -0.25) is 9.69 Å². The highest BCUT2D eigenvalue weighted by Gasteiger charge is 2.23. The number of rotatable bonds is 5. The average molecular weight is 428 g/mol. The van der Waals surface area contributed by atoms with Crippen molar-refractivity contribution in [3.63, 3.8) is 0 Å². The van der Waals surface area contributed by atoms with Gasteiger partial charge < -0.3 is 14.6 Å². The number of para-hydroxylation sites is 2. The Bertz CT molecular complexity index is 1330. The largest absolute Gasteiger partial charge is 0.423 e. The van der Waals surface area contributed by atoms with Gasteiger partial charge in [-0.25, -0.2) is 9.78 Å². The predicted molar refractivity (Wildman–Crippen MR) is 125 cm³/mol. The van der Waals surface area contributed by atoms with Crippen LogP contribution < -0.4 is 10.9 Å². The van der Waals surface area contributed by atoms with Crippen LogP contribution in [0.25, 0.3) is 21.9 Å². The van der Waals surface area contributed by atoms with Crippen molar-refractivity contribution in [1.82, 2.24) is 14.8 Å². The first kappa shape index (κ1) is 20.2. The standard InChI is InChI=1S/C25H24N4O3/c30-24-17-22(19-6-2-4-8-23(19)32-24)26-11-12-28-13-15-29(16-14-28)25(31)21-10-9-18-5-1-3-7-20(18)27-21/h1-10,17,26H,11-16H2. The molecule has 2 aromatic heterocycles. The second-order valence-corrected chi connectivity index (χ2v) is 7.93. The van der Waals surface area contributed by atoms with Crippen molar-refractivity contribution in [2.45, 2.75) is 0 Å². The number of hydrogen-bond acceptors (Lipinski definition) is 6. The minimum Gasteiger partial charge on any atom is -0.423 e. The fraction of sp³-hybridized carbons (Fsp3) is 0.240. The molecule has 0 aliphatic carbocycles. The molecular formula is C25H24N4O3. The first-order valence-corrected chi connectivity index (χ1v) is 10.8. The Balaban J connectivity index is 1.16. The molecule has 3 heterocycles. The Morgan fingerprint density at radius 1 is 0.969 bits per heavy atom. The molecule has 0 saturated carbocycles. The molecule has 1 saturated heterocycles. The van der Waals surface area contributed by atoms with Crippen LogP contribution in [-0.2, 0) is 0 Å². The molecule has 2 aromatic carbocycles. The van der Waals surface area contributed by atoms with Crippen LogP contribution in [0.4, 0.5) is 5.69 Å². The van der Waals surface area contributed by atoms with E-state index in [0.29, 0.717) is 30.9 Å². The van der Waals surface area contributed by atoms with Gasteiger partial charge in [-0.05, 0) is 24.3 Å². The molecule has 1 N–H and O–H groups in total. The molecule has 1 aliphatic rings. The zero-order valence-corrected chi connectivity index (χ0v) is 17.7. The van der Waals surface area contributed by atoms with Crippen LogP contribution in [0, 0.1) is 0 Å².